The third-order valence-electron chi connectivity index (χ3n) is 2.50. The van der Waals surface area contributed by atoms with Crippen molar-refractivity contribution in [2.75, 3.05) is 12.0 Å². The number of carbonyl (C=O) groups excluding carboxylic acids is 2. The molecule has 0 bridgehead atoms. The second kappa shape index (κ2) is 5.52. The van der Waals surface area contributed by atoms with Gasteiger partial charge in [-0.15, -0.1) is 0 Å². The Morgan fingerprint density at radius 2 is 2.05 bits per heavy atom. The maximum absolute atomic E-state index is 12.3. The summed E-state index contributed by atoms with van der Waals surface area (Å²) in [5.74, 6) is -1.52. The van der Waals surface area contributed by atoms with Gasteiger partial charge in [-0.05, 0) is 19.1 Å². The van der Waals surface area contributed by atoms with Crippen molar-refractivity contribution in [1.29, 1.82) is 0 Å². The lowest BCUT2D eigenvalue weighted by molar-refractivity contribution is -0.115. The van der Waals surface area contributed by atoms with Crippen molar-refractivity contribution >= 4 is 22.8 Å². The highest BCUT2D eigenvalue weighted by molar-refractivity contribution is 5.90. The summed E-state index contributed by atoms with van der Waals surface area (Å²) in [4.78, 5) is 39.4. The Bertz CT molecular complexity index is 736. The number of nitrogens with zero attached hydrogens (tertiary/aromatic N) is 2. The van der Waals surface area contributed by atoms with Crippen molar-refractivity contribution in [3.05, 3.63) is 40.4 Å². The van der Waals surface area contributed by atoms with E-state index in [2.05, 4.69) is 10.4 Å². The number of amides is 1. The second-order valence-corrected chi connectivity index (χ2v) is 3.98. The SMILES string of the molecule is CCOC(=O)c1nc2ccccc2c(=O)n1NC(C)=O. The standard InChI is InChI=1S/C13H13N3O4/c1-3-20-13(19)11-14-10-7-5-4-6-9(10)12(18)16(11)15-8(2)17/h4-7H,3H2,1-2H3,(H,15,17). The average molecular weight is 275 g/mol. The number of nitrogens with one attached hydrogen (secondary N) is 1. The third-order valence-corrected chi connectivity index (χ3v) is 2.50. The van der Waals surface area contributed by atoms with E-state index < -0.39 is 17.4 Å². The van der Waals surface area contributed by atoms with E-state index in [0.717, 1.165) is 4.68 Å². The van der Waals surface area contributed by atoms with Gasteiger partial charge in [-0.25, -0.2) is 9.78 Å². The zero-order valence-corrected chi connectivity index (χ0v) is 11.0. The number of para-hydroxylation sites is 1. The average Bonchev–Trinajstić information content (AvgIpc) is 2.41. The number of aromatic nitrogens is 2. The molecule has 0 unspecified atom stereocenters. The molecule has 20 heavy (non-hydrogen) atoms. The van der Waals surface area contributed by atoms with Crippen molar-refractivity contribution in [2.45, 2.75) is 13.8 Å². The Kier molecular flexibility index (Phi) is 3.79. The van der Waals surface area contributed by atoms with Crippen molar-refractivity contribution in [1.82, 2.24) is 9.66 Å². The van der Waals surface area contributed by atoms with E-state index in [1.807, 2.05) is 0 Å². The topological polar surface area (TPSA) is 90.3 Å². The third kappa shape index (κ3) is 2.51. The molecule has 104 valence electrons. The first-order valence-electron chi connectivity index (χ1n) is 6.01. The molecule has 1 aromatic carbocycles. The van der Waals surface area contributed by atoms with Gasteiger partial charge in [0, 0.05) is 6.92 Å². The van der Waals surface area contributed by atoms with Gasteiger partial charge >= 0.3 is 5.97 Å². The van der Waals surface area contributed by atoms with Crippen LogP contribution in [-0.2, 0) is 9.53 Å². The van der Waals surface area contributed by atoms with Gasteiger partial charge in [0.05, 0.1) is 17.5 Å². The van der Waals surface area contributed by atoms with Gasteiger partial charge in [-0.1, -0.05) is 12.1 Å². The largest absolute Gasteiger partial charge is 0.460 e. The normalized spacial score (nSPS) is 10.3. The van der Waals surface area contributed by atoms with Crippen LogP contribution in [0.1, 0.15) is 24.5 Å². The number of carbonyl (C=O) groups is 2. The summed E-state index contributed by atoms with van der Waals surface area (Å²) in [6.45, 7) is 3.01. The summed E-state index contributed by atoms with van der Waals surface area (Å²) in [7, 11) is 0. The molecule has 1 heterocycles. The van der Waals surface area contributed by atoms with Crippen LogP contribution in [0.2, 0.25) is 0 Å². The molecule has 7 heteroatoms. The van der Waals surface area contributed by atoms with Gasteiger partial charge in [-0.2, -0.15) is 4.68 Å². The molecule has 7 nitrogen and oxygen atoms in total. The maximum atomic E-state index is 12.3. The summed E-state index contributed by atoms with van der Waals surface area (Å²) >= 11 is 0. The quantitative estimate of drug-likeness (QED) is 0.831. The Balaban J connectivity index is 2.72. The summed E-state index contributed by atoms with van der Waals surface area (Å²) < 4.78 is 5.65. The molecule has 0 spiro atoms. The van der Waals surface area contributed by atoms with Crippen LogP contribution < -0.4 is 11.0 Å². The fourth-order valence-electron chi connectivity index (χ4n) is 1.73. The summed E-state index contributed by atoms with van der Waals surface area (Å²) in [5.41, 5.74) is 2.10. The van der Waals surface area contributed by atoms with Crippen molar-refractivity contribution in [3.8, 4) is 0 Å². The Labute approximate surface area is 114 Å². The fourth-order valence-corrected chi connectivity index (χ4v) is 1.73. The van der Waals surface area contributed by atoms with Gasteiger partial charge in [0.15, 0.2) is 0 Å². The van der Waals surface area contributed by atoms with Crippen molar-refractivity contribution in [2.24, 2.45) is 0 Å². The molecule has 1 aromatic heterocycles. The zero-order chi connectivity index (χ0) is 14.7. The van der Waals surface area contributed by atoms with Crippen molar-refractivity contribution < 1.29 is 14.3 Å². The Morgan fingerprint density at radius 3 is 2.70 bits per heavy atom. The lowest BCUT2D eigenvalue weighted by Crippen LogP contribution is -2.37. The highest BCUT2D eigenvalue weighted by Crippen LogP contribution is 2.08. The maximum Gasteiger partial charge on any atom is 0.376 e. The molecule has 0 aliphatic carbocycles. The number of fused-ring (bicyclic) bond motifs is 1. The first kappa shape index (κ1) is 13.7. The minimum absolute atomic E-state index is 0.140. The Morgan fingerprint density at radius 1 is 1.35 bits per heavy atom. The molecular weight excluding hydrogens is 262 g/mol. The number of benzene rings is 1. The molecule has 0 atom stereocenters. The number of hydrogen-bond acceptors (Lipinski definition) is 5. The highest BCUT2D eigenvalue weighted by Gasteiger charge is 2.19. The molecule has 2 aromatic rings. The van der Waals surface area contributed by atoms with E-state index in [-0.39, 0.29) is 12.4 Å². The minimum atomic E-state index is -0.774. The highest BCUT2D eigenvalue weighted by atomic mass is 16.5. The first-order valence-corrected chi connectivity index (χ1v) is 6.01. The van der Waals surface area contributed by atoms with Crippen LogP contribution >= 0.6 is 0 Å². The molecule has 1 amide bonds. The lowest BCUT2D eigenvalue weighted by atomic mass is 10.2. The molecule has 2 rings (SSSR count). The summed E-state index contributed by atoms with van der Waals surface area (Å²) in [6, 6.07) is 6.55. The number of rotatable bonds is 3. The van der Waals surface area contributed by atoms with Crippen LogP contribution in [-0.4, -0.2) is 28.1 Å². The molecular formula is C13H13N3O4. The number of ether oxygens (including phenoxy) is 1. The van der Waals surface area contributed by atoms with Crippen LogP contribution in [0.5, 0.6) is 0 Å². The number of hydrogen-bond donors (Lipinski definition) is 1. The second-order valence-electron chi connectivity index (χ2n) is 3.98. The molecule has 0 fully saturated rings. The van der Waals surface area contributed by atoms with Crippen molar-refractivity contribution in [3.63, 3.8) is 0 Å². The van der Waals surface area contributed by atoms with E-state index >= 15 is 0 Å². The smallest absolute Gasteiger partial charge is 0.376 e. The van der Waals surface area contributed by atoms with Crippen LogP contribution in [0.15, 0.2) is 29.1 Å². The molecule has 0 aliphatic rings. The van der Waals surface area contributed by atoms with Gasteiger partial charge in [0.2, 0.25) is 11.7 Å². The van der Waals surface area contributed by atoms with Crippen LogP contribution in [0.25, 0.3) is 10.9 Å². The summed E-state index contributed by atoms with van der Waals surface area (Å²) in [6.07, 6.45) is 0. The minimum Gasteiger partial charge on any atom is -0.460 e. The first-order chi connectivity index (χ1) is 9.54. The van der Waals surface area contributed by atoms with E-state index in [4.69, 9.17) is 4.74 Å². The number of esters is 1. The molecule has 0 radical (unpaired) electrons. The van der Waals surface area contributed by atoms with Crippen LogP contribution in [0.4, 0.5) is 0 Å². The van der Waals surface area contributed by atoms with Crippen LogP contribution in [0.3, 0.4) is 0 Å². The molecule has 0 aliphatic heterocycles. The predicted molar refractivity (Wildman–Crippen MR) is 72.0 cm³/mol. The predicted octanol–water partition coefficient (Wildman–Crippen LogP) is 0.663. The summed E-state index contributed by atoms with van der Waals surface area (Å²) in [5, 5.41) is 0.300. The molecule has 0 saturated heterocycles. The van der Waals surface area contributed by atoms with E-state index in [0.29, 0.717) is 10.9 Å². The van der Waals surface area contributed by atoms with E-state index in [1.165, 1.54) is 6.92 Å². The fraction of sp³-hybridized carbons (Fsp3) is 0.231. The molecule has 1 N–H and O–H groups in total. The van der Waals surface area contributed by atoms with Crippen LogP contribution in [0, 0.1) is 0 Å². The van der Waals surface area contributed by atoms with E-state index in [1.54, 1.807) is 31.2 Å². The van der Waals surface area contributed by atoms with Gasteiger partial charge in [0.1, 0.15) is 0 Å². The zero-order valence-electron chi connectivity index (χ0n) is 11.0. The Hall–Kier alpha value is -2.70. The monoisotopic (exact) mass is 275 g/mol. The van der Waals surface area contributed by atoms with E-state index in [9.17, 15) is 14.4 Å². The molecule has 0 saturated carbocycles. The van der Waals surface area contributed by atoms with Gasteiger partial charge < -0.3 is 4.74 Å². The van der Waals surface area contributed by atoms with Gasteiger partial charge in [-0.3, -0.25) is 15.0 Å². The van der Waals surface area contributed by atoms with Gasteiger partial charge in [0.25, 0.3) is 5.56 Å². The lowest BCUT2D eigenvalue weighted by Gasteiger charge is -2.12.